The van der Waals surface area contributed by atoms with E-state index in [-0.39, 0.29) is 10.3 Å². The van der Waals surface area contributed by atoms with Crippen LogP contribution in [0, 0.1) is 11.2 Å². The van der Waals surface area contributed by atoms with Gasteiger partial charge in [0, 0.05) is 10.8 Å². The first-order valence-corrected chi connectivity index (χ1v) is 8.21. The second-order valence-electron chi connectivity index (χ2n) is 5.87. The molecule has 0 aliphatic rings. The Hall–Kier alpha value is -2.05. The van der Waals surface area contributed by atoms with Gasteiger partial charge in [-0.25, -0.2) is 8.42 Å². The van der Waals surface area contributed by atoms with E-state index >= 15 is 0 Å². The Labute approximate surface area is 126 Å². The highest BCUT2D eigenvalue weighted by Gasteiger charge is 2.16. The van der Waals surface area contributed by atoms with Gasteiger partial charge in [0.15, 0.2) is 0 Å². The summed E-state index contributed by atoms with van der Waals surface area (Å²) in [5.74, 6) is 2.69. The molecule has 0 aliphatic carbocycles. The van der Waals surface area contributed by atoms with Crippen molar-refractivity contribution in [3.05, 3.63) is 65.7 Å². The van der Waals surface area contributed by atoms with Gasteiger partial charge in [0.25, 0.3) is 0 Å². The largest absolute Gasteiger partial charge is 0.245 e. The molecular weight excluding hydrogens is 280 g/mol. The second-order valence-corrected chi connectivity index (χ2v) is 7.55. The van der Waals surface area contributed by atoms with Crippen LogP contribution in [0.3, 0.4) is 0 Å². The maximum absolute atomic E-state index is 12.2. The van der Waals surface area contributed by atoms with Gasteiger partial charge in [-0.15, -0.1) is 0 Å². The van der Waals surface area contributed by atoms with Crippen molar-refractivity contribution < 1.29 is 8.42 Å². The molecule has 0 saturated heterocycles. The van der Waals surface area contributed by atoms with Crippen molar-refractivity contribution in [3.63, 3.8) is 0 Å². The first-order valence-electron chi connectivity index (χ1n) is 6.72. The molecule has 0 radical (unpaired) electrons. The summed E-state index contributed by atoms with van der Waals surface area (Å²) in [6.45, 7) is 6.27. The molecule has 3 heteroatoms. The van der Waals surface area contributed by atoms with Gasteiger partial charge in [0.2, 0.25) is 9.84 Å². The Morgan fingerprint density at radius 3 is 1.95 bits per heavy atom. The van der Waals surface area contributed by atoms with Gasteiger partial charge < -0.3 is 0 Å². The standard InChI is InChI=1S/C18H18O2S/c1-18(2,3)16-9-11-17(12-10-16)21(19,20)14-13-15-7-5-4-6-8-15/h4-12H,1-3H3. The predicted octanol–water partition coefficient (Wildman–Crippen LogP) is 3.77. The van der Waals surface area contributed by atoms with Crippen LogP contribution in [0.15, 0.2) is 59.5 Å². The van der Waals surface area contributed by atoms with Gasteiger partial charge in [0.1, 0.15) is 0 Å². The van der Waals surface area contributed by atoms with Crippen LogP contribution in [0.25, 0.3) is 0 Å². The summed E-state index contributed by atoms with van der Waals surface area (Å²) in [6, 6.07) is 16.0. The Bertz CT molecular complexity index is 769. The summed E-state index contributed by atoms with van der Waals surface area (Å²) in [7, 11) is -3.58. The Kier molecular flexibility index (Phi) is 4.20. The lowest BCUT2D eigenvalue weighted by Gasteiger charge is -2.18. The summed E-state index contributed by atoms with van der Waals surface area (Å²) in [5.41, 5.74) is 1.78. The highest BCUT2D eigenvalue weighted by atomic mass is 32.2. The van der Waals surface area contributed by atoms with Crippen molar-refractivity contribution in [1.29, 1.82) is 0 Å². The van der Waals surface area contributed by atoms with Crippen LogP contribution in [-0.2, 0) is 15.3 Å². The lowest BCUT2D eigenvalue weighted by molar-refractivity contribution is 0.588. The van der Waals surface area contributed by atoms with E-state index in [2.05, 4.69) is 31.9 Å². The minimum Gasteiger partial charge on any atom is -0.210 e. The first kappa shape index (κ1) is 15.3. The van der Waals surface area contributed by atoms with Crippen LogP contribution in [0.2, 0.25) is 0 Å². The molecule has 0 bridgehead atoms. The van der Waals surface area contributed by atoms with E-state index in [1.807, 2.05) is 30.3 Å². The highest BCUT2D eigenvalue weighted by molar-refractivity contribution is 7.96. The molecule has 2 aromatic rings. The number of sulfone groups is 1. The Balaban J connectivity index is 2.31. The van der Waals surface area contributed by atoms with E-state index in [1.165, 1.54) is 0 Å². The lowest BCUT2D eigenvalue weighted by Crippen LogP contribution is -2.11. The maximum atomic E-state index is 12.2. The molecular formula is C18H18O2S. The van der Waals surface area contributed by atoms with E-state index in [0.717, 1.165) is 5.56 Å². The van der Waals surface area contributed by atoms with Crippen LogP contribution >= 0.6 is 0 Å². The van der Waals surface area contributed by atoms with Crippen molar-refractivity contribution in [2.24, 2.45) is 0 Å². The van der Waals surface area contributed by atoms with Gasteiger partial charge in [-0.2, -0.15) is 0 Å². The molecule has 2 aromatic carbocycles. The highest BCUT2D eigenvalue weighted by Crippen LogP contribution is 2.23. The molecule has 0 aliphatic heterocycles. The van der Waals surface area contributed by atoms with Crippen molar-refractivity contribution in [2.75, 3.05) is 0 Å². The molecule has 21 heavy (non-hydrogen) atoms. The summed E-state index contributed by atoms with van der Waals surface area (Å²) in [4.78, 5) is 0.235. The third kappa shape index (κ3) is 3.96. The summed E-state index contributed by atoms with van der Waals surface area (Å²) < 4.78 is 24.4. The number of hydrogen-bond acceptors (Lipinski definition) is 2. The molecule has 0 spiro atoms. The van der Waals surface area contributed by atoms with Crippen LogP contribution in [0.5, 0.6) is 0 Å². The van der Waals surface area contributed by atoms with Gasteiger partial charge in [-0.05, 0) is 41.2 Å². The minimum absolute atomic E-state index is 0.00198. The predicted molar refractivity (Wildman–Crippen MR) is 85.6 cm³/mol. The van der Waals surface area contributed by atoms with Gasteiger partial charge >= 0.3 is 0 Å². The van der Waals surface area contributed by atoms with Crippen LogP contribution in [0.1, 0.15) is 31.9 Å². The first-order chi connectivity index (χ1) is 9.79. The van der Waals surface area contributed by atoms with Gasteiger partial charge in [-0.1, -0.05) is 51.1 Å². The van der Waals surface area contributed by atoms with E-state index in [0.29, 0.717) is 5.56 Å². The molecule has 2 rings (SSSR count). The monoisotopic (exact) mass is 298 g/mol. The molecule has 0 unspecified atom stereocenters. The van der Waals surface area contributed by atoms with E-state index in [1.54, 1.807) is 24.3 Å². The van der Waals surface area contributed by atoms with Crippen molar-refractivity contribution in [3.8, 4) is 11.2 Å². The maximum Gasteiger partial charge on any atom is 0.245 e. The molecule has 0 amide bonds. The van der Waals surface area contributed by atoms with E-state index in [4.69, 9.17) is 0 Å². The Morgan fingerprint density at radius 1 is 0.857 bits per heavy atom. The second kappa shape index (κ2) is 5.75. The zero-order valence-corrected chi connectivity index (χ0v) is 13.2. The molecule has 2 nitrogen and oxygen atoms in total. The fourth-order valence-corrected chi connectivity index (χ4v) is 2.71. The van der Waals surface area contributed by atoms with Crippen LogP contribution in [0.4, 0.5) is 0 Å². The zero-order chi connectivity index (χ0) is 15.5. The lowest BCUT2D eigenvalue weighted by atomic mass is 9.87. The molecule has 0 atom stereocenters. The van der Waals surface area contributed by atoms with E-state index in [9.17, 15) is 8.42 Å². The SMILES string of the molecule is CC(C)(C)c1ccc(S(=O)(=O)C#Cc2ccccc2)cc1. The third-order valence-corrected chi connectivity index (χ3v) is 4.40. The summed E-state index contributed by atoms with van der Waals surface area (Å²) in [5, 5.41) is 2.37. The Morgan fingerprint density at radius 2 is 1.43 bits per heavy atom. The van der Waals surface area contributed by atoms with Crippen LogP contribution < -0.4 is 0 Å². The average Bonchev–Trinajstić information content (AvgIpc) is 2.46. The topological polar surface area (TPSA) is 34.1 Å². The summed E-state index contributed by atoms with van der Waals surface area (Å²) in [6.07, 6.45) is 0. The fourth-order valence-electron chi connectivity index (χ4n) is 1.84. The molecule has 0 aromatic heterocycles. The smallest absolute Gasteiger partial charge is 0.210 e. The quantitative estimate of drug-likeness (QED) is 0.751. The third-order valence-electron chi connectivity index (χ3n) is 3.13. The molecule has 108 valence electrons. The zero-order valence-electron chi connectivity index (χ0n) is 12.4. The average molecular weight is 298 g/mol. The fraction of sp³-hybridized carbons (Fsp3) is 0.222. The van der Waals surface area contributed by atoms with Gasteiger partial charge in [-0.3, -0.25) is 0 Å². The van der Waals surface area contributed by atoms with Crippen LogP contribution in [-0.4, -0.2) is 8.42 Å². The number of hydrogen-bond donors (Lipinski definition) is 0. The minimum atomic E-state index is -3.58. The van der Waals surface area contributed by atoms with Crippen molar-refractivity contribution >= 4 is 9.84 Å². The molecule has 0 heterocycles. The molecule has 0 fully saturated rings. The van der Waals surface area contributed by atoms with Crippen molar-refractivity contribution in [2.45, 2.75) is 31.1 Å². The number of rotatable bonds is 1. The van der Waals surface area contributed by atoms with Crippen molar-refractivity contribution in [1.82, 2.24) is 0 Å². The van der Waals surface area contributed by atoms with E-state index < -0.39 is 9.84 Å². The molecule has 0 saturated carbocycles. The number of benzene rings is 2. The molecule has 0 N–H and O–H groups in total. The normalized spacial score (nSPS) is 11.6. The summed E-state index contributed by atoms with van der Waals surface area (Å²) >= 11 is 0. The van der Waals surface area contributed by atoms with Gasteiger partial charge in [0.05, 0.1) is 4.90 Å².